The predicted molar refractivity (Wildman–Crippen MR) is 123 cm³/mol. The lowest BCUT2D eigenvalue weighted by Crippen LogP contribution is -2.61. The highest BCUT2D eigenvalue weighted by Crippen LogP contribution is 2.60. The van der Waals surface area contributed by atoms with Crippen LogP contribution in [0.1, 0.15) is 57.8 Å². The number of likely N-dealkylation sites (tertiary alicyclic amines) is 2. The Hall–Kier alpha value is -1.83. The zero-order chi connectivity index (χ0) is 23.3. The van der Waals surface area contributed by atoms with Gasteiger partial charge in [-0.25, -0.2) is 4.79 Å². The fourth-order valence-corrected chi connectivity index (χ4v) is 7.77. The minimum Gasteiger partial charge on any atom is -0.393 e. The Bertz CT molecular complexity index is 777. The van der Waals surface area contributed by atoms with E-state index in [0.29, 0.717) is 38.4 Å². The number of hydrogen-bond donors (Lipinski definition) is 2. The highest BCUT2D eigenvalue weighted by molar-refractivity contribution is 5.84. The Morgan fingerprint density at radius 1 is 0.939 bits per heavy atom. The topological polar surface area (TPSA) is 93.2 Å². The number of aliphatic hydroxyl groups excluding tert-OH is 1. The van der Waals surface area contributed by atoms with Crippen molar-refractivity contribution in [3.8, 4) is 0 Å². The Labute approximate surface area is 197 Å². The molecule has 4 saturated carbocycles. The van der Waals surface area contributed by atoms with E-state index in [0.717, 1.165) is 51.5 Å². The summed E-state index contributed by atoms with van der Waals surface area (Å²) in [6.45, 7) is 2.53. The van der Waals surface area contributed by atoms with Crippen molar-refractivity contribution in [2.45, 2.75) is 69.9 Å². The largest absolute Gasteiger partial charge is 0.393 e. The second-order valence-electron chi connectivity index (χ2n) is 11.8. The highest BCUT2D eigenvalue weighted by Gasteiger charge is 2.58. The summed E-state index contributed by atoms with van der Waals surface area (Å²) in [7, 11) is 3.57. The van der Waals surface area contributed by atoms with E-state index in [1.807, 2.05) is 9.80 Å². The molecule has 184 valence electrons. The third-order valence-electron chi connectivity index (χ3n) is 9.29. The molecule has 4 aliphatic carbocycles. The maximum Gasteiger partial charge on any atom is 0.320 e. The SMILES string of the molecule is CN(C)C(=O)C1CCN(C(=O)N2CCC[C@H](NC(=O)C34CC5CC(C3)C(O)C(C5)C4)C2)CC1. The number of nitrogens with zero attached hydrogens (tertiary/aromatic N) is 3. The second kappa shape index (κ2) is 8.75. The monoisotopic (exact) mass is 460 g/mol. The number of aliphatic hydroxyl groups is 1. The summed E-state index contributed by atoms with van der Waals surface area (Å²) in [6.07, 6.45) is 7.78. The molecule has 33 heavy (non-hydrogen) atoms. The van der Waals surface area contributed by atoms with E-state index in [9.17, 15) is 19.5 Å². The average Bonchev–Trinajstić information content (AvgIpc) is 2.81. The van der Waals surface area contributed by atoms with Gasteiger partial charge in [0.25, 0.3) is 0 Å². The van der Waals surface area contributed by atoms with Gasteiger partial charge in [-0.05, 0) is 75.5 Å². The first-order valence-electron chi connectivity index (χ1n) is 13.0. The minimum absolute atomic E-state index is 0.000913. The zero-order valence-corrected chi connectivity index (χ0v) is 20.2. The lowest BCUT2D eigenvalue weighted by molar-refractivity contribution is -0.164. The highest BCUT2D eigenvalue weighted by atomic mass is 16.3. The molecule has 4 amide bonds. The van der Waals surface area contributed by atoms with E-state index in [1.165, 1.54) is 0 Å². The molecule has 2 unspecified atom stereocenters. The van der Waals surface area contributed by atoms with Gasteiger partial charge in [0.05, 0.1) is 11.5 Å². The minimum atomic E-state index is -0.303. The first-order chi connectivity index (χ1) is 15.8. The first kappa shape index (κ1) is 22.9. The van der Waals surface area contributed by atoms with Gasteiger partial charge in [-0.3, -0.25) is 9.59 Å². The van der Waals surface area contributed by atoms with Crippen LogP contribution in [0, 0.1) is 29.1 Å². The molecule has 3 atom stereocenters. The number of nitrogens with one attached hydrogen (secondary N) is 1. The van der Waals surface area contributed by atoms with Crippen LogP contribution in [0.4, 0.5) is 4.79 Å². The third-order valence-corrected chi connectivity index (χ3v) is 9.29. The van der Waals surface area contributed by atoms with Gasteiger partial charge in [-0.1, -0.05) is 0 Å². The summed E-state index contributed by atoms with van der Waals surface area (Å²) in [6, 6.07) is 0.0450. The van der Waals surface area contributed by atoms with Crippen LogP contribution in [-0.4, -0.2) is 90.1 Å². The van der Waals surface area contributed by atoms with Crippen molar-refractivity contribution in [2.24, 2.45) is 29.1 Å². The van der Waals surface area contributed by atoms with Crippen LogP contribution in [0.25, 0.3) is 0 Å². The summed E-state index contributed by atoms with van der Waals surface area (Å²) in [5.74, 6) is 1.48. The third kappa shape index (κ3) is 4.24. The number of carbonyl (C=O) groups is 3. The Balaban J connectivity index is 1.15. The summed E-state index contributed by atoms with van der Waals surface area (Å²) >= 11 is 0. The van der Waals surface area contributed by atoms with Crippen molar-refractivity contribution in [3.63, 3.8) is 0 Å². The van der Waals surface area contributed by atoms with Crippen LogP contribution in [-0.2, 0) is 9.59 Å². The van der Waals surface area contributed by atoms with Gasteiger partial charge in [-0.15, -0.1) is 0 Å². The summed E-state index contributed by atoms with van der Waals surface area (Å²) < 4.78 is 0. The van der Waals surface area contributed by atoms with E-state index >= 15 is 0 Å². The van der Waals surface area contributed by atoms with Crippen LogP contribution in [0.5, 0.6) is 0 Å². The van der Waals surface area contributed by atoms with Crippen LogP contribution in [0.2, 0.25) is 0 Å². The quantitative estimate of drug-likeness (QED) is 0.670. The fourth-order valence-electron chi connectivity index (χ4n) is 7.77. The van der Waals surface area contributed by atoms with Crippen LogP contribution >= 0.6 is 0 Å². The van der Waals surface area contributed by atoms with Crippen molar-refractivity contribution < 1.29 is 19.5 Å². The van der Waals surface area contributed by atoms with Gasteiger partial charge in [0.1, 0.15) is 0 Å². The number of urea groups is 1. The Morgan fingerprint density at radius 3 is 2.24 bits per heavy atom. The van der Waals surface area contributed by atoms with Gasteiger partial charge in [-0.2, -0.15) is 0 Å². The molecule has 2 N–H and O–H groups in total. The molecule has 6 aliphatic rings. The maximum atomic E-state index is 13.5. The lowest BCUT2D eigenvalue weighted by Gasteiger charge is -2.58. The normalized spacial score (nSPS) is 38.3. The molecule has 4 bridgehead atoms. The Morgan fingerprint density at radius 2 is 1.61 bits per heavy atom. The first-order valence-corrected chi connectivity index (χ1v) is 13.0. The summed E-state index contributed by atoms with van der Waals surface area (Å²) in [5.41, 5.74) is -0.303. The number of carbonyl (C=O) groups excluding carboxylic acids is 3. The molecule has 0 spiro atoms. The fraction of sp³-hybridized carbons (Fsp3) is 0.880. The van der Waals surface area contributed by atoms with E-state index < -0.39 is 0 Å². The number of amides is 4. The molecule has 0 aromatic rings. The molecule has 2 aliphatic heterocycles. The molecule has 2 saturated heterocycles. The smallest absolute Gasteiger partial charge is 0.320 e. The maximum absolute atomic E-state index is 13.5. The van der Waals surface area contributed by atoms with Crippen LogP contribution < -0.4 is 5.32 Å². The van der Waals surface area contributed by atoms with Crippen molar-refractivity contribution in [1.29, 1.82) is 0 Å². The summed E-state index contributed by atoms with van der Waals surface area (Å²) in [4.78, 5) is 44.3. The second-order valence-corrected chi connectivity index (χ2v) is 11.8. The van der Waals surface area contributed by atoms with Crippen molar-refractivity contribution in [3.05, 3.63) is 0 Å². The number of piperidine rings is 2. The molecule has 2 heterocycles. The molecule has 0 aromatic carbocycles. The lowest BCUT2D eigenvalue weighted by atomic mass is 9.48. The van der Waals surface area contributed by atoms with Gasteiger partial charge in [0.15, 0.2) is 0 Å². The van der Waals surface area contributed by atoms with E-state index in [1.54, 1.807) is 19.0 Å². The van der Waals surface area contributed by atoms with Gasteiger partial charge < -0.3 is 25.1 Å². The molecular formula is C25H40N4O4. The molecule has 6 rings (SSSR count). The zero-order valence-electron chi connectivity index (χ0n) is 20.2. The number of hydrogen-bond acceptors (Lipinski definition) is 4. The van der Waals surface area contributed by atoms with Gasteiger partial charge in [0.2, 0.25) is 11.8 Å². The van der Waals surface area contributed by atoms with Crippen LogP contribution in [0.3, 0.4) is 0 Å². The molecule has 0 radical (unpaired) electrons. The molecular weight excluding hydrogens is 420 g/mol. The van der Waals surface area contributed by atoms with Gasteiger partial charge in [0, 0.05) is 52.2 Å². The number of rotatable bonds is 3. The predicted octanol–water partition coefficient (Wildman–Crippen LogP) is 1.67. The van der Waals surface area contributed by atoms with E-state index in [2.05, 4.69) is 5.32 Å². The average molecular weight is 461 g/mol. The molecule has 6 fully saturated rings. The molecule has 8 heteroatoms. The molecule has 8 nitrogen and oxygen atoms in total. The summed E-state index contributed by atoms with van der Waals surface area (Å²) in [5, 5.41) is 13.9. The van der Waals surface area contributed by atoms with E-state index in [4.69, 9.17) is 0 Å². The van der Waals surface area contributed by atoms with E-state index in [-0.39, 0.29) is 53.2 Å². The van der Waals surface area contributed by atoms with Crippen molar-refractivity contribution >= 4 is 17.8 Å². The van der Waals surface area contributed by atoms with Crippen molar-refractivity contribution in [2.75, 3.05) is 40.3 Å². The molecule has 0 aromatic heterocycles. The van der Waals surface area contributed by atoms with Crippen molar-refractivity contribution in [1.82, 2.24) is 20.0 Å². The Kier molecular flexibility index (Phi) is 6.08. The standard InChI is InChI=1S/C25H40N4O4/c1-27(2)22(31)17-5-8-28(9-6-17)24(33)29-7-3-4-20(15-29)26-23(32)25-12-16-10-18(13-25)21(30)19(11-16)14-25/h16-21,30H,3-15H2,1-2H3,(H,26,32)/t16?,18?,19?,20-,21?,25?/m0/s1. The van der Waals surface area contributed by atoms with Crippen LogP contribution in [0.15, 0.2) is 0 Å². The van der Waals surface area contributed by atoms with Gasteiger partial charge >= 0.3 is 6.03 Å².